The van der Waals surface area contributed by atoms with Crippen LogP contribution < -0.4 is 10.6 Å². The van der Waals surface area contributed by atoms with Crippen LogP contribution in [-0.4, -0.2) is 12.5 Å². The molecule has 0 aliphatic rings. The molecule has 2 aromatic carbocycles. The smallest absolute Gasteiger partial charge is 0.251 e. The number of nitrogens with zero attached hydrogens (tertiary/aromatic N) is 2. The monoisotopic (exact) mass is 318 g/mol. The van der Waals surface area contributed by atoms with E-state index < -0.39 is 0 Å². The third kappa shape index (κ3) is 4.12. The van der Waals surface area contributed by atoms with Crippen LogP contribution in [0.3, 0.4) is 0 Å². The zero-order valence-electron chi connectivity index (χ0n) is 13.5. The summed E-state index contributed by atoms with van der Waals surface area (Å²) < 4.78 is 0. The second-order valence-corrected chi connectivity index (χ2v) is 5.26. The maximum absolute atomic E-state index is 12.0. The van der Waals surface area contributed by atoms with Crippen molar-refractivity contribution in [3.05, 3.63) is 64.7 Å². The molecule has 0 spiro atoms. The minimum absolute atomic E-state index is 0.103. The summed E-state index contributed by atoms with van der Waals surface area (Å²) >= 11 is 0. The van der Waals surface area contributed by atoms with Gasteiger partial charge in [-0.05, 0) is 36.2 Å². The van der Waals surface area contributed by atoms with Gasteiger partial charge in [0.05, 0.1) is 16.8 Å². The molecule has 0 atom stereocenters. The fourth-order valence-electron chi connectivity index (χ4n) is 2.28. The van der Waals surface area contributed by atoms with E-state index in [2.05, 4.69) is 22.8 Å². The fraction of sp³-hybridized carbons (Fsp3) is 0.211. The predicted octanol–water partition coefficient (Wildman–Crippen LogP) is 3.18. The Hall–Kier alpha value is -3.31. The number of anilines is 1. The summed E-state index contributed by atoms with van der Waals surface area (Å²) in [5, 5.41) is 24.3. The van der Waals surface area contributed by atoms with E-state index in [1.165, 1.54) is 0 Å². The highest BCUT2D eigenvalue weighted by atomic mass is 16.1. The van der Waals surface area contributed by atoms with Crippen molar-refractivity contribution in [1.82, 2.24) is 5.32 Å². The van der Waals surface area contributed by atoms with Gasteiger partial charge >= 0.3 is 0 Å². The normalized spacial score (nSPS) is 9.62. The Kier molecular flexibility index (Phi) is 5.94. The van der Waals surface area contributed by atoms with E-state index in [0.29, 0.717) is 35.5 Å². The molecule has 0 saturated carbocycles. The molecule has 2 rings (SSSR count). The number of para-hydroxylation sites is 1. The Morgan fingerprint density at radius 2 is 1.75 bits per heavy atom. The average Bonchev–Trinajstić information content (AvgIpc) is 2.64. The van der Waals surface area contributed by atoms with Crippen molar-refractivity contribution in [3.63, 3.8) is 0 Å². The van der Waals surface area contributed by atoms with Gasteiger partial charge in [-0.1, -0.05) is 25.1 Å². The first kappa shape index (κ1) is 17.1. The Morgan fingerprint density at radius 3 is 2.38 bits per heavy atom. The summed E-state index contributed by atoms with van der Waals surface area (Å²) in [5.74, 6) is -0.103. The number of benzene rings is 2. The minimum Gasteiger partial charge on any atom is -0.379 e. The van der Waals surface area contributed by atoms with Crippen molar-refractivity contribution in [3.8, 4) is 12.1 Å². The van der Waals surface area contributed by atoms with Crippen LogP contribution in [0.25, 0.3) is 0 Å². The van der Waals surface area contributed by atoms with Gasteiger partial charge in [0.1, 0.15) is 12.1 Å². The van der Waals surface area contributed by atoms with E-state index in [0.717, 1.165) is 12.0 Å². The molecule has 0 aliphatic carbocycles. The second kappa shape index (κ2) is 8.36. The van der Waals surface area contributed by atoms with Gasteiger partial charge in [-0.3, -0.25) is 4.79 Å². The van der Waals surface area contributed by atoms with Crippen molar-refractivity contribution in [2.24, 2.45) is 0 Å². The van der Waals surface area contributed by atoms with Crippen LogP contribution in [0.1, 0.15) is 40.4 Å². The average molecular weight is 318 g/mol. The van der Waals surface area contributed by atoms with Crippen LogP contribution in [0, 0.1) is 22.7 Å². The van der Waals surface area contributed by atoms with Crippen molar-refractivity contribution in [1.29, 1.82) is 10.5 Å². The molecule has 0 aromatic heterocycles. The summed E-state index contributed by atoms with van der Waals surface area (Å²) in [6.45, 7) is 3.06. The number of carbonyl (C=O) groups excluding carboxylic acids is 1. The zero-order chi connectivity index (χ0) is 17.4. The number of nitriles is 2. The van der Waals surface area contributed by atoms with Gasteiger partial charge in [0, 0.05) is 18.7 Å². The summed E-state index contributed by atoms with van der Waals surface area (Å²) in [5.41, 5.74) is 2.85. The largest absolute Gasteiger partial charge is 0.379 e. The third-order valence-corrected chi connectivity index (χ3v) is 3.50. The molecule has 24 heavy (non-hydrogen) atoms. The molecule has 0 bridgehead atoms. The fourth-order valence-corrected chi connectivity index (χ4v) is 2.28. The molecule has 2 aromatic rings. The number of amides is 1. The highest BCUT2D eigenvalue weighted by Crippen LogP contribution is 2.21. The molecule has 0 saturated heterocycles. The number of hydrogen-bond donors (Lipinski definition) is 2. The van der Waals surface area contributed by atoms with Gasteiger partial charge in [-0.25, -0.2) is 0 Å². The van der Waals surface area contributed by atoms with Crippen molar-refractivity contribution < 1.29 is 4.79 Å². The number of rotatable bonds is 6. The van der Waals surface area contributed by atoms with Crippen molar-refractivity contribution in [2.75, 3.05) is 11.9 Å². The summed E-state index contributed by atoms with van der Waals surface area (Å²) in [4.78, 5) is 12.0. The minimum atomic E-state index is -0.103. The van der Waals surface area contributed by atoms with Crippen LogP contribution >= 0.6 is 0 Å². The lowest BCUT2D eigenvalue weighted by molar-refractivity contribution is 0.0953. The quantitative estimate of drug-likeness (QED) is 0.856. The van der Waals surface area contributed by atoms with Gasteiger partial charge in [-0.2, -0.15) is 10.5 Å². The molecule has 1 amide bonds. The van der Waals surface area contributed by atoms with Gasteiger partial charge in [0.25, 0.3) is 5.91 Å². The standard InChI is InChI=1S/C19H18N4O/c1-2-9-22-19(24)15-6-3-5-14(10-15)13-23-18-16(11-20)7-4-8-17(18)12-21/h3-8,10,23H,2,9,13H2,1H3,(H,22,24). The first-order chi connectivity index (χ1) is 11.7. The lowest BCUT2D eigenvalue weighted by Crippen LogP contribution is -2.24. The van der Waals surface area contributed by atoms with E-state index >= 15 is 0 Å². The first-order valence-corrected chi connectivity index (χ1v) is 7.73. The highest BCUT2D eigenvalue weighted by Gasteiger charge is 2.09. The van der Waals surface area contributed by atoms with E-state index in [9.17, 15) is 15.3 Å². The van der Waals surface area contributed by atoms with Crippen molar-refractivity contribution >= 4 is 11.6 Å². The number of hydrogen-bond acceptors (Lipinski definition) is 4. The Labute approximate surface area is 141 Å². The Morgan fingerprint density at radius 1 is 1.08 bits per heavy atom. The molecule has 5 heteroatoms. The molecule has 0 unspecified atom stereocenters. The summed E-state index contributed by atoms with van der Waals surface area (Å²) in [6, 6.07) is 16.5. The topological polar surface area (TPSA) is 88.7 Å². The molecular formula is C19H18N4O. The maximum atomic E-state index is 12.0. The van der Waals surface area contributed by atoms with Crippen LogP contribution in [-0.2, 0) is 6.54 Å². The second-order valence-electron chi connectivity index (χ2n) is 5.26. The molecule has 5 nitrogen and oxygen atoms in total. The molecular weight excluding hydrogens is 300 g/mol. The SMILES string of the molecule is CCCNC(=O)c1cccc(CNc2c(C#N)cccc2C#N)c1. The molecule has 2 N–H and O–H groups in total. The van der Waals surface area contributed by atoms with E-state index in [-0.39, 0.29) is 5.91 Å². The number of carbonyl (C=O) groups is 1. The van der Waals surface area contributed by atoms with Crippen LogP contribution in [0.5, 0.6) is 0 Å². The van der Waals surface area contributed by atoms with E-state index in [1.807, 2.05) is 19.1 Å². The molecule has 120 valence electrons. The van der Waals surface area contributed by atoms with Crippen LogP contribution in [0.15, 0.2) is 42.5 Å². The predicted molar refractivity (Wildman–Crippen MR) is 92.3 cm³/mol. The lowest BCUT2D eigenvalue weighted by atomic mass is 10.1. The Balaban J connectivity index is 2.15. The van der Waals surface area contributed by atoms with E-state index in [1.54, 1.807) is 30.3 Å². The third-order valence-electron chi connectivity index (χ3n) is 3.50. The van der Waals surface area contributed by atoms with E-state index in [4.69, 9.17) is 0 Å². The van der Waals surface area contributed by atoms with Crippen LogP contribution in [0.2, 0.25) is 0 Å². The lowest BCUT2D eigenvalue weighted by Gasteiger charge is -2.11. The summed E-state index contributed by atoms with van der Waals surface area (Å²) in [7, 11) is 0. The zero-order valence-corrected chi connectivity index (χ0v) is 13.5. The van der Waals surface area contributed by atoms with Crippen molar-refractivity contribution in [2.45, 2.75) is 19.9 Å². The molecule has 0 fully saturated rings. The maximum Gasteiger partial charge on any atom is 0.251 e. The van der Waals surface area contributed by atoms with Gasteiger partial charge < -0.3 is 10.6 Å². The number of nitrogens with one attached hydrogen (secondary N) is 2. The van der Waals surface area contributed by atoms with Gasteiger partial charge in [0.2, 0.25) is 0 Å². The molecule has 0 aliphatic heterocycles. The first-order valence-electron chi connectivity index (χ1n) is 7.73. The summed E-state index contributed by atoms with van der Waals surface area (Å²) in [6.07, 6.45) is 0.884. The highest BCUT2D eigenvalue weighted by molar-refractivity contribution is 5.94. The van der Waals surface area contributed by atoms with Gasteiger partial charge in [0.15, 0.2) is 0 Å². The Bertz CT molecular complexity index is 783. The van der Waals surface area contributed by atoms with Gasteiger partial charge in [-0.15, -0.1) is 0 Å². The van der Waals surface area contributed by atoms with Crippen LogP contribution in [0.4, 0.5) is 5.69 Å². The molecule has 0 heterocycles. The molecule has 0 radical (unpaired) electrons.